The summed E-state index contributed by atoms with van der Waals surface area (Å²) in [6, 6.07) is 0.135. The van der Waals surface area contributed by atoms with E-state index in [0.717, 1.165) is 36.4 Å². The van der Waals surface area contributed by atoms with Crippen LogP contribution >= 0.6 is 0 Å². The number of aromatic nitrogens is 2. The molecule has 0 amide bonds. The van der Waals surface area contributed by atoms with E-state index in [9.17, 15) is 0 Å². The van der Waals surface area contributed by atoms with E-state index in [2.05, 4.69) is 9.97 Å². The highest BCUT2D eigenvalue weighted by Crippen LogP contribution is 2.17. The van der Waals surface area contributed by atoms with Gasteiger partial charge in [-0.1, -0.05) is 0 Å². The van der Waals surface area contributed by atoms with Crippen LogP contribution in [-0.4, -0.2) is 22.6 Å². The standard InChI is InChI=1S/C10H15N3O/c1-7(11)4-10-8-5-14-3-2-9(8)12-6-13-10/h6-7H,2-5,11H2,1H3. The van der Waals surface area contributed by atoms with Crippen molar-refractivity contribution >= 4 is 0 Å². The molecule has 1 aliphatic rings. The summed E-state index contributed by atoms with van der Waals surface area (Å²) >= 11 is 0. The first kappa shape index (κ1) is 9.55. The van der Waals surface area contributed by atoms with E-state index in [4.69, 9.17) is 10.5 Å². The maximum Gasteiger partial charge on any atom is 0.115 e. The van der Waals surface area contributed by atoms with Crippen LogP contribution in [0.3, 0.4) is 0 Å². The third-order valence-corrected chi connectivity index (χ3v) is 2.37. The van der Waals surface area contributed by atoms with Crippen molar-refractivity contribution in [3.63, 3.8) is 0 Å². The summed E-state index contributed by atoms with van der Waals surface area (Å²) in [4.78, 5) is 8.52. The van der Waals surface area contributed by atoms with E-state index in [1.807, 2.05) is 6.92 Å². The molecule has 0 saturated heterocycles. The molecule has 2 heterocycles. The molecule has 0 radical (unpaired) electrons. The fraction of sp³-hybridized carbons (Fsp3) is 0.600. The molecule has 76 valence electrons. The predicted molar refractivity (Wildman–Crippen MR) is 52.7 cm³/mol. The highest BCUT2D eigenvalue weighted by Gasteiger charge is 2.16. The van der Waals surface area contributed by atoms with Crippen molar-refractivity contribution in [1.29, 1.82) is 0 Å². The van der Waals surface area contributed by atoms with E-state index in [-0.39, 0.29) is 6.04 Å². The molecule has 0 saturated carbocycles. The van der Waals surface area contributed by atoms with Gasteiger partial charge in [0.2, 0.25) is 0 Å². The molecule has 14 heavy (non-hydrogen) atoms. The van der Waals surface area contributed by atoms with E-state index in [0.29, 0.717) is 6.61 Å². The first-order chi connectivity index (χ1) is 6.77. The quantitative estimate of drug-likeness (QED) is 0.740. The molecule has 1 atom stereocenters. The number of rotatable bonds is 2. The van der Waals surface area contributed by atoms with Gasteiger partial charge in [0, 0.05) is 24.4 Å². The maximum atomic E-state index is 5.76. The Morgan fingerprint density at radius 2 is 2.43 bits per heavy atom. The van der Waals surface area contributed by atoms with Gasteiger partial charge in [-0.15, -0.1) is 0 Å². The molecule has 1 aliphatic heterocycles. The Labute approximate surface area is 83.5 Å². The number of hydrogen-bond acceptors (Lipinski definition) is 4. The minimum atomic E-state index is 0.135. The Morgan fingerprint density at radius 3 is 3.21 bits per heavy atom. The molecule has 4 heteroatoms. The minimum Gasteiger partial charge on any atom is -0.376 e. The van der Waals surface area contributed by atoms with Crippen LogP contribution in [0.2, 0.25) is 0 Å². The van der Waals surface area contributed by atoms with Crippen molar-refractivity contribution in [2.24, 2.45) is 5.73 Å². The summed E-state index contributed by atoms with van der Waals surface area (Å²) in [6.45, 7) is 3.39. The van der Waals surface area contributed by atoms with Crippen LogP contribution < -0.4 is 5.73 Å². The average Bonchev–Trinajstić information content (AvgIpc) is 2.18. The summed E-state index contributed by atoms with van der Waals surface area (Å²) in [5.41, 5.74) is 9.08. The highest BCUT2D eigenvalue weighted by atomic mass is 16.5. The number of nitrogens with zero attached hydrogens (tertiary/aromatic N) is 2. The second-order valence-corrected chi connectivity index (χ2v) is 3.73. The fourth-order valence-corrected chi connectivity index (χ4v) is 1.70. The van der Waals surface area contributed by atoms with Crippen LogP contribution in [0.5, 0.6) is 0 Å². The lowest BCUT2D eigenvalue weighted by atomic mass is 10.0. The summed E-state index contributed by atoms with van der Waals surface area (Å²) in [6.07, 6.45) is 3.32. The van der Waals surface area contributed by atoms with Gasteiger partial charge >= 0.3 is 0 Å². The van der Waals surface area contributed by atoms with Crippen LogP contribution in [0, 0.1) is 0 Å². The molecule has 1 aromatic rings. The number of fused-ring (bicyclic) bond motifs is 1. The molecule has 2 N–H and O–H groups in total. The van der Waals surface area contributed by atoms with Crippen molar-refractivity contribution in [2.45, 2.75) is 32.4 Å². The molecule has 1 aromatic heterocycles. The van der Waals surface area contributed by atoms with Crippen LogP contribution in [0.15, 0.2) is 6.33 Å². The van der Waals surface area contributed by atoms with Gasteiger partial charge in [0.05, 0.1) is 24.6 Å². The minimum absolute atomic E-state index is 0.135. The van der Waals surface area contributed by atoms with E-state index in [1.54, 1.807) is 6.33 Å². The highest BCUT2D eigenvalue weighted by molar-refractivity contribution is 5.26. The van der Waals surface area contributed by atoms with E-state index >= 15 is 0 Å². The molecule has 4 nitrogen and oxygen atoms in total. The van der Waals surface area contributed by atoms with Gasteiger partial charge in [-0.05, 0) is 6.92 Å². The maximum absolute atomic E-state index is 5.76. The smallest absolute Gasteiger partial charge is 0.115 e. The molecule has 0 fully saturated rings. The Morgan fingerprint density at radius 1 is 1.57 bits per heavy atom. The topological polar surface area (TPSA) is 61.0 Å². The van der Waals surface area contributed by atoms with Crippen molar-refractivity contribution in [3.8, 4) is 0 Å². The Kier molecular flexibility index (Phi) is 2.74. The normalized spacial score (nSPS) is 17.6. The average molecular weight is 193 g/mol. The Bertz CT molecular complexity index is 325. The van der Waals surface area contributed by atoms with Gasteiger partial charge in [0.1, 0.15) is 6.33 Å². The molecule has 1 unspecified atom stereocenters. The summed E-state index contributed by atoms with van der Waals surface area (Å²) in [5, 5.41) is 0. The lowest BCUT2D eigenvalue weighted by Crippen LogP contribution is -2.22. The number of hydrogen-bond donors (Lipinski definition) is 1. The predicted octanol–water partition coefficient (Wildman–Crippen LogP) is 0.439. The molecule has 0 bridgehead atoms. The van der Waals surface area contributed by atoms with E-state index < -0.39 is 0 Å². The van der Waals surface area contributed by atoms with Crippen molar-refractivity contribution in [1.82, 2.24) is 9.97 Å². The second-order valence-electron chi connectivity index (χ2n) is 3.73. The third-order valence-electron chi connectivity index (χ3n) is 2.37. The summed E-state index contributed by atoms with van der Waals surface area (Å²) in [7, 11) is 0. The monoisotopic (exact) mass is 193 g/mol. The zero-order valence-corrected chi connectivity index (χ0v) is 8.36. The first-order valence-corrected chi connectivity index (χ1v) is 4.92. The zero-order valence-electron chi connectivity index (χ0n) is 8.36. The van der Waals surface area contributed by atoms with Gasteiger partial charge in [-0.25, -0.2) is 9.97 Å². The fourth-order valence-electron chi connectivity index (χ4n) is 1.70. The molecule has 0 spiro atoms. The van der Waals surface area contributed by atoms with Crippen LogP contribution in [0.25, 0.3) is 0 Å². The third kappa shape index (κ3) is 1.91. The zero-order chi connectivity index (χ0) is 9.97. The van der Waals surface area contributed by atoms with Gasteiger partial charge in [-0.3, -0.25) is 0 Å². The first-order valence-electron chi connectivity index (χ1n) is 4.92. The van der Waals surface area contributed by atoms with Crippen LogP contribution in [-0.2, 0) is 24.2 Å². The number of nitrogens with two attached hydrogens (primary N) is 1. The number of ether oxygens (including phenoxy) is 1. The summed E-state index contributed by atoms with van der Waals surface area (Å²) in [5.74, 6) is 0. The SMILES string of the molecule is CC(N)Cc1ncnc2c1COCC2. The Hall–Kier alpha value is -1.00. The van der Waals surface area contributed by atoms with Crippen molar-refractivity contribution in [2.75, 3.05) is 6.61 Å². The van der Waals surface area contributed by atoms with Crippen molar-refractivity contribution < 1.29 is 4.74 Å². The Balaban J connectivity index is 2.30. The van der Waals surface area contributed by atoms with Crippen LogP contribution in [0.4, 0.5) is 0 Å². The van der Waals surface area contributed by atoms with Crippen LogP contribution in [0.1, 0.15) is 23.9 Å². The molecule has 0 aromatic carbocycles. The van der Waals surface area contributed by atoms with Crippen molar-refractivity contribution in [3.05, 3.63) is 23.3 Å². The molecular weight excluding hydrogens is 178 g/mol. The lowest BCUT2D eigenvalue weighted by Gasteiger charge is -2.18. The van der Waals surface area contributed by atoms with Gasteiger partial charge in [0.15, 0.2) is 0 Å². The largest absolute Gasteiger partial charge is 0.376 e. The second kappa shape index (κ2) is 4.02. The van der Waals surface area contributed by atoms with Gasteiger partial charge in [0.25, 0.3) is 0 Å². The molecular formula is C10H15N3O. The van der Waals surface area contributed by atoms with E-state index in [1.165, 1.54) is 0 Å². The van der Waals surface area contributed by atoms with Gasteiger partial charge < -0.3 is 10.5 Å². The lowest BCUT2D eigenvalue weighted by molar-refractivity contribution is 0.108. The molecule has 2 rings (SSSR count). The molecule has 0 aliphatic carbocycles. The van der Waals surface area contributed by atoms with Gasteiger partial charge in [-0.2, -0.15) is 0 Å². The summed E-state index contributed by atoms with van der Waals surface area (Å²) < 4.78 is 5.40.